The predicted octanol–water partition coefficient (Wildman–Crippen LogP) is 2.27. The number of fused-ring (bicyclic) bond motifs is 1. The van der Waals surface area contributed by atoms with Crippen molar-refractivity contribution in [3.63, 3.8) is 0 Å². The van der Waals surface area contributed by atoms with E-state index in [2.05, 4.69) is 15.6 Å². The van der Waals surface area contributed by atoms with Gasteiger partial charge in [-0.25, -0.2) is 0 Å². The lowest BCUT2D eigenvalue weighted by Crippen LogP contribution is -1.94. The standard InChI is InChI=1S/C11H14N2O/c1-7-5-13-6-8(2)12-9(3)10(13)11(7)14-4/h5-6H,1-4H3. The van der Waals surface area contributed by atoms with Gasteiger partial charge in [-0.15, -0.1) is 0 Å². The van der Waals surface area contributed by atoms with E-state index in [1.807, 2.05) is 27.0 Å². The summed E-state index contributed by atoms with van der Waals surface area (Å²) in [6.45, 7) is 6.04. The normalized spacial score (nSPS) is 10.9. The molecule has 0 fully saturated rings. The molecule has 0 unspecified atom stereocenters. The number of nitrogens with zero attached hydrogens (tertiary/aromatic N) is 2. The van der Waals surface area contributed by atoms with Gasteiger partial charge >= 0.3 is 0 Å². The quantitative estimate of drug-likeness (QED) is 0.689. The molecule has 0 aliphatic heterocycles. The monoisotopic (exact) mass is 190 g/mol. The molecule has 14 heavy (non-hydrogen) atoms. The fraction of sp³-hybridized carbons (Fsp3) is 0.364. The molecule has 3 heteroatoms. The van der Waals surface area contributed by atoms with Crippen LogP contribution in [0.2, 0.25) is 0 Å². The molecule has 0 amide bonds. The minimum absolute atomic E-state index is 0.926. The number of aromatic nitrogens is 2. The fourth-order valence-electron chi connectivity index (χ4n) is 1.89. The summed E-state index contributed by atoms with van der Waals surface area (Å²) in [6.07, 6.45) is 4.08. The molecule has 2 heterocycles. The van der Waals surface area contributed by atoms with Crippen molar-refractivity contribution in [3.05, 3.63) is 29.3 Å². The Morgan fingerprint density at radius 1 is 1.21 bits per heavy atom. The van der Waals surface area contributed by atoms with Gasteiger partial charge in [-0.3, -0.25) is 4.98 Å². The van der Waals surface area contributed by atoms with Crippen molar-refractivity contribution in [2.24, 2.45) is 0 Å². The van der Waals surface area contributed by atoms with Crippen LogP contribution in [-0.4, -0.2) is 16.5 Å². The van der Waals surface area contributed by atoms with Crippen LogP contribution in [0.15, 0.2) is 12.4 Å². The van der Waals surface area contributed by atoms with E-state index >= 15 is 0 Å². The lowest BCUT2D eigenvalue weighted by Gasteiger charge is -2.03. The Morgan fingerprint density at radius 3 is 2.57 bits per heavy atom. The highest BCUT2D eigenvalue weighted by atomic mass is 16.5. The van der Waals surface area contributed by atoms with Crippen molar-refractivity contribution in [1.29, 1.82) is 0 Å². The number of methoxy groups -OCH3 is 1. The molecule has 0 aromatic carbocycles. The first-order valence-electron chi connectivity index (χ1n) is 4.63. The van der Waals surface area contributed by atoms with E-state index in [0.717, 1.165) is 28.2 Å². The summed E-state index contributed by atoms with van der Waals surface area (Å²) in [6, 6.07) is 0. The maximum absolute atomic E-state index is 5.36. The van der Waals surface area contributed by atoms with E-state index in [9.17, 15) is 0 Å². The lowest BCUT2D eigenvalue weighted by molar-refractivity contribution is 0.417. The van der Waals surface area contributed by atoms with E-state index in [0.29, 0.717) is 0 Å². The molecule has 0 bridgehead atoms. The van der Waals surface area contributed by atoms with Gasteiger partial charge in [0.05, 0.1) is 18.5 Å². The molecule has 0 saturated carbocycles. The second kappa shape index (κ2) is 3.01. The maximum Gasteiger partial charge on any atom is 0.149 e. The molecule has 74 valence electrons. The summed E-state index contributed by atoms with van der Waals surface area (Å²) >= 11 is 0. The zero-order chi connectivity index (χ0) is 10.3. The summed E-state index contributed by atoms with van der Waals surface area (Å²) in [5.74, 6) is 0.926. The summed E-state index contributed by atoms with van der Waals surface area (Å²) in [4.78, 5) is 4.42. The average Bonchev–Trinajstić information content (AvgIpc) is 2.40. The second-order valence-corrected chi connectivity index (χ2v) is 3.57. The van der Waals surface area contributed by atoms with Gasteiger partial charge in [0, 0.05) is 18.0 Å². The van der Waals surface area contributed by atoms with Crippen LogP contribution < -0.4 is 4.74 Å². The highest BCUT2D eigenvalue weighted by Gasteiger charge is 2.10. The van der Waals surface area contributed by atoms with Gasteiger partial charge in [0.25, 0.3) is 0 Å². The van der Waals surface area contributed by atoms with Gasteiger partial charge in [-0.05, 0) is 20.8 Å². The van der Waals surface area contributed by atoms with Crippen molar-refractivity contribution < 1.29 is 4.74 Å². The molecular weight excluding hydrogens is 176 g/mol. The largest absolute Gasteiger partial charge is 0.494 e. The van der Waals surface area contributed by atoms with Crippen LogP contribution >= 0.6 is 0 Å². The molecule has 0 aliphatic carbocycles. The highest BCUT2D eigenvalue weighted by molar-refractivity contribution is 5.67. The molecule has 2 aromatic rings. The van der Waals surface area contributed by atoms with Crippen LogP contribution in [0.1, 0.15) is 17.0 Å². The van der Waals surface area contributed by atoms with E-state index < -0.39 is 0 Å². The third kappa shape index (κ3) is 1.16. The summed E-state index contributed by atoms with van der Waals surface area (Å²) in [7, 11) is 1.70. The molecule has 0 atom stereocenters. The van der Waals surface area contributed by atoms with Crippen LogP contribution in [0, 0.1) is 20.8 Å². The number of ether oxygens (including phenoxy) is 1. The molecule has 2 rings (SSSR count). The molecule has 0 aliphatic rings. The van der Waals surface area contributed by atoms with Gasteiger partial charge in [-0.1, -0.05) is 0 Å². The zero-order valence-corrected chi connectivity index (χ0v) is 8.96. The summed E-state index contributed by atoms with van der Waals surface area (Å²) in [5.41, 5.74) is 4.24. The summed E-state index contributed by atoms with van der Waals surface area (Å²) in [5, 5.41) is 0. The zero-order valence-electron chi connectivity index (χ0n) is 8.96. The SMILES string of the molecule is COc1c(C)cn2cc(C)nc(C)c12. The number of hydrogen-bond donors (Lipinski definition) is 0. The van der Waals surface area contributed by atoms with Crippen molar-refractivity contribution in [3.8, 4) is 5.75 Å². The van der Waals surface area contributed by atoms with Gasteiger partial charge in [0.1, 0.15) is 11.3 Å². The van der Waals surface area contributed by atoms with Gasteiger partial charge in [-0.2, -0.15) is 0 Å². The Labute approximate surface area is 83.3 Å². The maximum atomic E-state index is 5.36. The molecule has 0 radical (unpaired) electrons. The van der Waals surface area contributed by atoms with E-state index in [4.69, 9.17) is 4.74 Å². The average molecular weight is 190 g/mol. The Bertz CT molecular complexity index is 485. The first kappa shape index (κ1) is 9.06. The minimum Gasteiger partial charge on any atom is -0.494 e. The van der Waals surface area contributed by atoms with Crippen molar-refractivity contribution in [2.75, 3.05) is 7.11 Å². The molecule has 0 saturated heterocycles. The van der Waals surface area contributed by atoms with Gasteiger partial charge in [0.15, 0.2) is 0 Å². The third-order valence-electron chi connectivity index (χ3n) is 2.38. The topological polar surface area (TPSA) is 26.5 Å². The molecule has 0 spiro atoms. The van der Waals surface area contributed by atoms with Crippen LogP contribution in [0.3, 0.4) is 0 Å². The van der Waals surface area contributed by atoms with Crippen LogP contribution in [0.4, 0.5) is 0 Å². The van der Waals surface area contributed by atoms with Gasteiger partial charge < -0.3 is 9.14 Å². The van der Waals surface area contributed by atoms with Crippen molar-refractivity contribution >= 4 is 5.52 Å². The van der Waals surface area contributed by atoms with E-state index in [1.54, 1.807) is 7.11 Å². The Morgan fingerprint density at radius 2 is 1.93 bits per heavy atom. The second-order valence-electron chi connectivity index (χ2n) is 3.57. The fourth-order valence-corrected chi connectivity index (χ4v) is 1.89. The molecule has 0 N–H and O–H groups in total. The number of aryl methyl sites for hydroxylation is 3. The molecule has 2 aromatic heterocycles. The van der Waals surface area contributed by atoms with Crippen LogP contribution in [-0.2, 0) is 0 Å². The molecule has 3 nitrogen and oxygen atoms in total. The lowest BCUT2D eigenvalue weighted by atomic mass is 10.3. The first-order valence-corrected chi connectivity index (χ1v) is 4.63. The Balaban J connectivity index is 2.88. The van der Waals surface area contributed by atoms with E-state index in [1.165, 1.54) is 0 Å². The number of hydrogen-bond acceptors (Lipinski definition) is 2. The van der Waals surface area contributed by atoms with Crippen molar-refractivity contribution in [1.82, 2.24) is 9.38 Å². The third-order valence-corrected chi connectivity index (χ3v) is 2.38. The minimum atomic E-state index is 0.926. The van der Waals surface area contributed by atoms with Crippen molar-refractivity contribution in [2.45, 2.75) is 20.8 Å². The Kier molecular flexibility index (Phi) is 1.95. The molecular formula is C11H14N2O. The Hall–Kier alpha value is -1.51. The number of rotatable bonds is 1. The highest BCUT2D eigenvalue weighted by Crippen LogP contribution is 2.27. The van der Waals surface area contributed by atoms with Crippen LogP contribution in [0.5, 0.6) is 5.75 Å². The predicted molar refractivity (Wildman–Crippen MR) is 56.0 cm³/mol. The van der Waals surface area contributed by atoms with E-state index in [-0.39, 0.29) is 0 Å². The summed E-state index contributed by atoms with van der Waals surface area (Å²) < 4.78 is 7.43. The first-order chi connectivity index (χ1) is 6.63. The smallest absolute Gasteiger partial charge is 0.149 e. The van der Waals surface area contributed by atoms with Gasteiger partial charge in [0.2, 0.25) is 0 Å². The van der Waals surface area contributed by atoms with Crippen LogP contribution in [0.25, 0.3) is 5.52 Å².